The molecule has 0 aromatic carbocycles. The molecule has 7 nitrogen and oxygen atoms in total. The fraction of sp³-hybridized carbons (Fsp3) is 0.833. The lowest BCUT2D eigenvalue weighted by Gasteiger charge is -2.36. The minimum atomic E-state index is -3.16. The summed E-state index contributed by atoms with van der Waals surface area (Å²) in [5.41, 5.74) is 0. The van der Waals surface area contributed by atoms with E-state index in [0.717, 1.165) is 30.3 Å². The molecule has 1 aromatic heterocycles. The quantitative estimate of drug-likeness (QED) is 0.758. The van der Waals surface area contributed by atoms with Crippen molar-refractivity contribution in [2.24, 2.45) is 0 Å². The Hall–Kier alpha value is -0.770. The van der Waals surface area contributed by atoms with Crippen LogP contribution in [0.2, 0.25) is 0 Å². The van der Waals surface area contributed by atoms with E-state index in [0.29, 0.717) is 19.6 Å². The Morgan fingerprint density at radius 3 is 2.95 bits per heavy atom. The lowest BCUT2D eigenvalue weighted by molar-refractivity contribution is 0.201. The number of likely N-dealkylation sites (N-methyl/N-ethyl adjacent to an activating group) is 1. The molecule has 1 atom stereocenters. The number of rotatable bonds is 6. The number of hydrogen-bond acceptors (Lipinski definition) is 7. The molecule has 0 N–H and O–H groups in total. The van der Waals surface area contributed by atoms with Crippen LogP contribution in [0.5, 0.6) is 0 Å². The Kier molecular flexibility index (Phi) is 5.53. The highest BCUT2D eigenvalue weighted by atomic mass is 32.2. The first-order valence-corrected chi connectivity index (χ1v) is 9.53. The molecule has 0 aliphatic carbocycles. The van der Waals surface area contributed by atoms with Crippen molar-refractivity contribution < 1.29 is 13.2 Å². The molecular formula is C12H22N4O3S2. The fourth-order valence-electron chi connectivity index (χ4n) is 2.36. The Morgan fingerprint density at radius 1 is 1.52 bits per heavy atom. The van der Waals surface area contributed by atoms with E-state index in [2.05, 4.69) is 14.3 Å². The Bertz CT molecular complexity index is 561. The Morgan fingerprint density at radius 2 is 2.29 bits per heavy atom. The highest BCUT2D eigenvalue weighted by molar-refractivity contribution is 7.88. The summed E-state index contributed by atoms with van der Waals surface area (Å²) in [6.45, 7) is 2.17. The van der Waals surface area contributed by atoms with Crippen molar-refractivity contribution in [3.63, 3.8) is 0 Å². The van der Waals surface area contributed by atoms with Gasteiger partial charge in [0, 0.05) is 51.2 Å². The van der Waals surface area contributed by atoms with E-state index in [1.807, 2.05) is 0 Å². The summed E-state index contributed by atoms with van der Waals surface area (Å²) >= 11 is 1.37. The molecule has 9 heteroatoms. The molecule has 1 fully saturated rings. The number of piperidine rings is 1. The Labute approximate surface area is 130 Å². The lowest BCUT2D eigenvalue weighted by atomic mass is 10.1. The van der Waals surface area contributed by atoms with Gasteiger partial charge in [-0.1, -0.05) is 0 Å². The molecule has 21 heavy (non-hydrogen) atoms. The first-order valence-electron chi connectivity index (χ1n) is 6.91. The van der Waals surface area contributed by atoms with Crippen LogP contribution in [0.1, 0.15) is 18.7 Å². The average molecular weight is 334 g/mol. The van der Waals surface area contributed by atoms with Crippen molar-refractivity contribution in [1.82, 2.24) is 13.7 Å². The number of ether oxygens (including phenoxy) is 1. The number of methoxy groups -OCH3 is 1. The molecule has 0 spiro atoms. The molecule has 1 unspecified atom stereocenters. The second kappa shape index (κ2) is 6.99. The van der Waals surface area contributed by atoms with E-state index in [4.69, 9.17) is 4.74 Å². The van der Waals surface area contributed by atoms with E-state index in [9.17, 15) is 8.42 Å². The van der Waals surface area contributed by atoms with Gasteiger partial charge >= 0.3 is 0 Å². The maximum Gasteiger partial charge on any atom is 0.211 e. The van der Waals surface area contributed by atoms with Gasteiger partial charge in [0.15, 0.2) is 0 Å². The normalized spacial score (nSPS) is 20.2. The fourth-order valence-corrected chi connectivity index (χ4v) is 3.82. The van der Waals surface area contributed by atoms with Crippen LogP contribution in [0.25, 0.3) is 0 Å². The van der Waals surface area contributed by atoms with Crippen LogP contribution >= 0.6 is 11.5 Å². The maximum atomic E-state index is 11.7. The van der Waals surface area contributed by atoms with E-state index in [-0.39, 0.29) is 6.04 Å². The van der Waals surface area contributed by atoms with Gasteiger partial charge in [-0.05, 0) is 12.8 Å². The lowest BCUT2D eigenvalue weighted by Crippen LogP contribution is -2.48. The molecule has 2 rings (SSSR count). The smallest absolute Gasteiger partial charge is 0.211 e. The third-order valence-corrected chi connectivity index (χ3v) is 5.85. The van der Waals surface area contributed by atoms with Crippen molar-refractivity contribution in [3.05, 3.63) is 5.82 Å². The molecular weight excluding hydrogens is 312 g/mol. The molecule has 0 radical (unpaired) electrons. The van der Waals surface area contributed by atoms with Crippen LogP contribution in [0.3, 0.4) is 0 Å². The standard InChI is InChI=1S/C12H22N4O3S2/c1-15(21(3,17)18)10-5-4-7-16(9-10)12-13-11(14-20-12)6-8-19-2/h10H,4-9H2,1-3H3. The molecule has 120 valence electrons. The molecule has 1 aliphatic heterocycles. The Balaban J connectivity index is 2.02. The van der Waals surface area contributed by atoms with Crippen molar-refractivity contribution in [2.45, 2.75) is 25.3 Å². The van der Waals surface area contributed by atoms with Crippen molar-refractivity contribution >= 4 is 26.7 Å². The zero-order valence-electron chi connectivity index (χ0n) is 12.7. The van der Waals surface area contributed by atoms with Gasteiger partial charge in [-0.3, -0.25) is 0 Å². The van der Waals surface area contributed by atoms with Gasteiger partial charge in [0.1, 0.15) is 5.82 Å². The molecule has 0 bridgehead atoms. The van der Waals surface area contributed by atoms with E-state index in [1.54, 1.807) is 14.2 Å². The summed E-state index contributed by atoms with van der Waals surface area (Å²) in [7, 11) is 0.145. The van der Waals surface area contributed by atoms with Crippen LogP contribution in [0, 0.1) is 0 Å². The first-order chi connectivity index (χ1) is 9.91. The van der Waals surface area contributed by atoms with Gasteiger partial charge in [-0.15, -0.1) is 0 Å². The molecule has 0 saturated carbocycles. The summed E-state index contributed by atoms with van der Waals surface area (Å²) in [4.78, 5) is 6.64. The van der Waals surface area contributed by atoms with Gasteiger partial charge in [-0.25, -0.2) is 17.7 Å². The van der Waals surface area contributed by atoms with Crippen LogP contribution in [0.4, 0.5) is 5.13 Å². The topological polar surface area (TPSA) is 75.6 Å². The minimum Gasteiger partial charge on any atom is -0.384 e. The predicted molar refractivity (Wildman–Crippen MR) is 83.3 cm³/mol. The summed E-state index contributed by atoms with van der Waals surface area (Å²) in [6.07, 6.45) is 3.79. The second-order valence-electron chi connectivity index (χ2n) is 5.26. The van der Waals surface area contributed by atoms with Crippen LogP contribution in [-0.4, -0.2) is 68.2 Å². The van der Waals surface area contributed by atoms with Gasteiger partial charge in [0.25, 0.3) is 0 Å². The van der Waals surface area contributed by atoms with E-state index in [1.165, 1.54) is 22.1 Å². The largest absolute Gasteiger partial charge is 0.384 e. The van der Waals surface area contributed by atoms with E-state index >= 15 is 0 Å². The van der Waals surface area contributed by atoms with Crippen molar-refractivity contribution in [1.29, 1.82) is 0 Å². The molecule has 1 aromatic rings. The monoisotopic (exact) mass is 334 g/mol. The average Bonchev–Trinajstić information content (AvgIpc) is 2.92. The highest BCUT2D eigenvalue weighted by Crippen LogP contribution is 2.24. The van der Waals surface area contributed by atoms with Crippen molar-refractivity contribution in [3.8, 4) is 0 Å². The summed E-state index contributed by atoms with van der Waals surface area (Å²) in [5, 5.41) is 0.868. The molecule has 0 amide bonds. The SMILES string of the molecule is COCCc1nsc(N2CCCC(N(C)S(C)(=O)=O)C2)n1. The second-order valence-corrected chi connectivity index (χ2v) is 8.03. The van der Waals surface area contributed by atoms with Gasteiger partial charge in [-0.2, -0.15) is 4.37 Å². The number of hydrogen-bond donors (Lipinski definition) is 0. The summed E-state index contributed by atoms with van der Waals surface area (Å²) < 4.78 is 34.1. The zero-order valence-corrected chi connectivity index (χ0v) is 14.3. The number of anilines is 1. The molecule has 1 saturated heterocycles. The van der Waals surface area contributed by atoms with Crippen LogP contribution in [0.15, 0.2) is 0 Å². The third-order valence-electron chi connectivity index (χ3n) is 3.69. The molecule has 1 aliphatic rings. The van der Waals surface area contributed by atoms with Crippen LogP contribution < -0.4 is 4.90 Å². The molecule has 2 heterocycles. The number of aromatic nitrogens is 2. The highest BCUT2D eigenvalue weighted by Gasteiger charge is 2.29. The summed E-state index contributed by atoms with van der Waals surface area (Å²) in [6, 6.07) is 0.0000696. The summed E-state index contributed by atoms with van der Waals surface area (Å²) in [5.74, 6) is 0.787. The van der Waals surface area contributed by atoms with E-state index < -0.39 is 10.0 Å². The number of nitrogens with zero attached hydrogens (tertiary/aromatic N) is 4. The van der Waals surface area contributed by atoms with Crippen molar-refractivity contribution in [2.75, 3.05) is 45.0 Å². The number of sulfonamides is 1. The minimum absolute atomic E-state index is 0.0000696. The third kappa shape index (κ3) is 4.35. The first kappa shape index (κ1) is 16.6. The van der Waals surface area contributed by atoms with Gasteiger partial charge < -0.3 is 9.64 Å². The van der Waals surface area contributed by atoms with Gasteiger partial charge in [0.05, 0.1) is 12.9 Å². The predicted octanol–water partition coefficient (Wildman–Crippen LogP) is 0.587. The van der Waals surface area contributed by atoms with Gasteiger partial charge in [0.2, 0.25) is 15.2 Å². The van der Waals surface area contributed by atoms with Crippen LogP contribution in [-0.2, 0) is 21.2 Å². The zero-order chi connectivity index (χ0) is 15.5. The maximum absolute atomic E-state index is 11.7.